The minimum atomic E-state index is -0.429. The predicted octanol–water partition coefficient (Wildman–Crippen LogP) is 2.67. The molecule has 0 spiro atoms. The lowest BCUT2D eigenvalue weighted by atomic mass is 9.97. The van der Waals surface area contributed by atoms with Gasteiger partial charge < -0.3 is 20.1 Å². The SMILES string of the molecule is CCC(O)CCNC1CC2CCC(C1)N2C(=O)OC(C)(C)C. The fraction of sp³-hybridized carbons (Fsp3) is 0.941. The molecule has 2 aliphatic rings. The van der Waals surface area contributed by atoms with E-state index >= 15 is 0 Å². The standard InChI is InChI=1S/C17H32N2O3/c1-5-15(20)8-9-18-12-10-13-6-7-14(11-12)19(13)16(21)22-17(2,3)4/h12-15,18,20H,5-11H2,1-4H3. The lowest BCUT2D eigenvalue weighted by Gasteiger charge is -2.39. The van der Waals surface area contributed by atoms with Crippen molar-refractivity contribution in [1.82, 2.24) is 10.2 Å². The summed E-state index contributed by atoms with van der Waals surface area (Å²) in [5.74, 6) is 0. The first-order valence-corrected chi connectivity index (χ1v) is 8.73. The number of rotatable bonds is 5. The van der Waals surface area contributed by atoms with Crippen molar-refractivity contribution in [2.45, 2.75) is 96.1 Å². The predicted molar refractivity (Wildman–Crippen MR) is 86.8 cm³/mol. The highest BCUT2D eigenvalue weighted by Gasteiger charge is 2.44. The van der Waals surface area contributed by atoms with Crippen LogP contribution < -0.4 is 5.32 Å². The van der Waals surface area contributed by atoms with Crippen LogP contribution in [-0.2, 0) is 4.74 Å². The van der Waals surface area contributed by atoms with E-state index in [0.29, 0.717) is 18.1 Å². The molecule has 0 aromatic heterocycles. The van der Waals surface area contributed by atoms with E-state index in [-0.39, 0.29) is 12.2 Å². The molecule has 3 atom stereocenters. The number of piperidine rings is 1. The normalized spacial score (nSPS) is 29.5. The number of carbonyl (C=O) groups excluding carboxylic acids is 1. The van der Waals surface area contributed by atoms with Crippen LogP contribution in [0.3, 0.4) is 0 Å². The van der Waals surface area contributed by atoms with Gasteiger partial charge in [-0.25, -0.2) is 4.79 Å². The van der Waals surface area contributed by atoms with Crippen molar-refractivity contribution in [2.24, 2.45) is 0 Å². The monoisotopic (exact) mass is 312 g/mol. The summed E-state index contributed by atoms with van der Waals surface area (Å²) >= 11 is 0. The fourth-order valence-corrected chi connectivity index (χ4v) is 3.61. The van der Waals surface area contributed by atoms with Gasteiger partial charge in [-0.1, -0.05) is 6.92 Å². The summed E-state index contributed by atoms with van der Waals surface area (Å²) in [6.07, 6.45) is 5.42. The lowest BCUT2D eigenvalue weighted by Crippen LogP contribution is -2.52. The Morgan fingerprint density at radius 2 is 1.91 bits per heavy atom. The average molecular weight is 312 g/mol. The molecule has 0 saturated carbocycles. The van der Waals surface area contributed by atoms with Gasteiger partial charge in [0.15, 0.2) is 0 Å². The molecule has 128 valence electrons. The third kappa shape index (κ3) is 4.59. The Balaban J connectivity index is 1.82. The van der Waals surface area contributed by atoms with Crippen molar-refractivity contribution in [3.05, 3.63) is 0 Å². The third-order valence-corrected chi connectivity index (χ3v) is 4.72. The van der Waals surface area contributed by atoms with Crippen LogP contribution in [0.15, 0.2) is 0 Å². The van der Waals surface area contributed by atoms with E-state index < -0.39 is 5.60 Å². The molecule has 2 N–H and O–H groups in total. The zero-order valence-corrected chi connectivity index (χ0v) is 14.5. The minimum absolute atomic E-state index is 0.153. The molecule has 0 aliphatic carbocycles. The Kier molecular flexibility index (Phi) is 5.72. The average Bonchev–Trinajstić information content (AvgIpc) is 2.68. The zero-order valence-electron chi connectivity index (χ0n) is 14.5. The van der Waals surface area contributed by atoms with Gasteiger partial charge >= 0.3 is 6.09 Å². The summed E-state index contributed by atoms with van der Waals surface area (Å²) in [7, 11) is 0. The Labute approximate surface area is 134 Å². The Morgan fingerprint density at radius 3 is 2.41 bits per heavy atom. The maximum absolute atomic E-state index is 12.4. The molecule has 2 bridgehead atoms. The second kappa shape index (κ2) is 7.18. The summed E-state index contributed by atoms with van der Waals surface area (Å²) in [4.78, 5) is 14.4. The van der Waals surface area contributed by atoms with E-state index in [4.69, 9.17) is 4.74 Å². The molecule has 22 heavy (non-hydrogen) atoms. The van der Waals surface area contributed by atoms with Crippen LogP contribution >= 0.6 is 0 Å². The number of hydrogen-bond donors (Lipinski definition) is 2. The highest BCUT2D eigenvalue weighted by atomic mass is 16.6. The molecule has 2 fully saturated rings. The molecule has 0 radical (unpaired) electrons. The molecule has 0 aromatic rings. The summed E-state index contributed by atoms with van der Waals surface area (Å²) in [5, 5.41) is 13.2. The number of aliphatic hydroxyl groups excluding tert-OH is 1. The number of nitrogens with zero attached hydrogens (tertiary/aromatic N) is 1. The van der Waals surface area contributed by atoms with Gasteiger partial charge in [-0.2, -0.15) is 0 Å². The molecule has 2 rings (SSSR count). The highest BCUT2D eigenvalue weighted by molar-refractivity contribution is 5.69. The van der Waals surface area contributed by atoms with Crippen LogP contribution in [-0.4, -0.2) is 52.5 Å². The van der Waals surface area contributed by atoms with Crippen molar-refractivity contribution < 1.29 is 14.6 Å². The van der Waals surface area contributed by atoms with E-state index in [0.717, 1.165) is 45.1 Å². The first-order valence-electron chi connectivity index (χ1n) is 8.73. The molecular weight excluding hydrogens is 280 g/mol. The van der Waals surface area contributed by atoms with E-state index in [9.17, 15) is 9.90 Å². The van der Waals surface area contributed by atoms with Crippen LogP contribution in [0.4, 0.5) is 4.79 Å². The van der Waals surface area contributed by atoms with Crippen molar-refractivity contribution in [1.29, 1.82) is 0 Å². The lowest BCUT2D eigenvalue weighted by molar-refractivity contribution is 0.00465. The molecule has 1 amide bonds. The van der Waals surface area contributed by atoms with E-state index in [1.54, 1.807) is 0 Å². The van der Waals surface area contributed by atoms with Gasteiger partial charge in [-0.15, -0.1) is 0 Å². The number of fused-ring (bicyclic) bond motifs is 2. The van der Waals surface area contributed by atoms with Gasteiger partial charge in [0.2, 0.25) is 0 Å². The van der Waals surface area contributed by atoms with Gasteiger partial charge in [-0.3, -0.25) is 0 Å². The molecule has 5 nitrogen and oxygen atoms in total. The number of carbonyl (C=O) groups is 1. The smallest absolute Gasteiger partial charge is 0.410 e. The van der Waals surface area contributed by atoms with E-state index in [2.05, 4.69) is 5.32 Å². The Morgan fingerprint density at radius 1 is 1.32 bits per heavy atom. The number of aliphatic hydroxyl groups is 1. The summed E-state index contributed by atoms with van der Waals surface area (Å²) in [5.41, 5.74) is -0.429. The summed E-state index contributed by atoms with van der Waals surface area (Å²) in [6.45, 7) is 8.61. The first-order chi connectivity index (χ1) is 10.3. The van der Waals surface area contributed by atoms with Crippen LogP contribution in [0.5, 0.6) is 0 Å². The second-order valence-corrected chi connectivity index (χ2v) is 7.75. The van der Waals surface area contributed by atoms with E-state index in [1.807, 2.05) is 32.6 Å². The number of ether oxygens (including phenoxy) is 1. The zero-order chi connectivity index (χ0) is 16.3. The van der Waals surface area contributed by atoms with Gasteiger partial charge in [0.1, 0.15) is 5.60 Å². The largest absolute Gasteiger partial charge is 0.444 e. The molecule has 5 heteroatoms. The summed E-state index contributed by atoms with van der Waals surface area (Å²) in [6, 6.07) is 1.07. The van der Waals surface area contributed by atoms with Crippen molar-refractivity contribution in [2.75, 3.05) is 6.54 Å². The molecule has 0 aromatic carbocycles. The van der Waals surface area contributed by atoms with Crippen molar-refractivity contribution in [3.8, 4) is 0 Å². The number of nitrogens with one attached hydrogen (secondary N) is 1. The number of amides is 1. The topological polar surface area (TPSA) is 61.8 Å². The van der Waals surface area contributed by atoms with Crippen LogP contribution in [0, 0.1) is 0 Å². The van der Waals surface area contributed by atoms with Gasteiger partial charge in [-0.05, 0) is 65.8 Å². The molecule has 2 heterocycles. The molecule has 2 saturated heterocycles. The molecular formula is C17H32N2O3. The van der Waals surface area contributed by atoms with Crippen molar-refractivity contribution >= 4 is 6.09 Å². The maximum atomic E-state index is 12.4. The highest BCUT2D eigenvalue weighted by Crippen LogP contribution is 2.36. The summed E-state index contributed by atoms with van der Waals surface area (Å²) < 4.78 is 5.55. The maximum Gasteiger partial charge on any atom is 0.410 e. The van der Waals surface area contributed by atoms with Crippen LogP contribution in [0.25, 0.3) is 0 Å². The second-order valence-electron chi connectivity index (χ2n) is 7.75. The van der Waals surface area contributed by atoms with Crippen LogP contribution in [0.2, 0.25) is 0 Å². The van der Waals surface area contributed by atoms with E-state index in [1.165, 1.54) is 0 Å². The van der Waals surface area contributed by atoms with Gasteiger partial charge in [0.05, 0.1) is 6.10 Å². The Bertz CT molecular complexity index is 367. The number of hydrogen-bond acceptors (Lipinski definition) is 4. The van der Waals surface area contributed by atoms with Crippen LogP contribution in [0.1, 0.15) is 66.2 Å². The fourth-order valence-electron chi connectivity index (χ4n) is 3.61. The Hall–Kier alpha value is -0.810. The molecule has 3 unspecified atom stereocenters. The quantitative estimate of drug-likeness (QED) is 0.819. The van der Waals surface area contributed by atoms with Gasteiger partial charge in [0, 0.05) is 18.1 Å². The minimum Gasteiger partial charge on any atom is -0.444 e. The van der Waals surface area contributed by atoms with Gasteiger partial charge in [0.25, 0.3) is 0 Å². The third-order valence-electron chi connectivity index (χ3n) is 4.72. The first kappa shape index (κ1) is 17.5. The van der Waals surface area contributed by atoms with Crippen molar-refractivity contribution in [3.63, 3.8) is 0 Å². The molecule has 2 aliphatic heterocycles.